The van der Waals surface area contributed by atoms with Crippen molar-refractivity contribution < 1.29 is 4.74 Å². The Morgan fingerprint density at radius 1 is 1.50 bits per heavy atom. The quantitative estimate of drug-likeness (QED) is 0.754. The van der Waals surface area contributed by atoms with E-state index < -0.39 is 3.79 Å². The molecular formula is C5H5Cl3N2OS. The van der Waals surface area contributed by atoms with Gasteiger partial charge >= 0.3 is 6.01 Å². The SMILES string of the molecule is CCOc1nsc(C(Cl)(Cl)Cl)n1. The minimum Gasteiger partial charge on any atom is -0.463 e. The van der Waals surface area contributed by atoms with Gasteiger partial charge in [0.2, 0.25) is 3.79 Å². The second-order valence-corrected chi connectivity index (χ2v) is 4.85. The third-order valence-corrected chi connectivity index (χ3v) is 2.61. The lowest BCUT2D eigenvalue weighted by atomic mass is 10.8. The van der Waals surface area contributed by atoms with Gasteiger partial charge in [-0.05, 0) is 18.5 Å². The highest BCUT2D eigenvalue weighted by atomic mass is 35.6. The van der Waals surface area contributed by atoms with Crippen LogP contribution in [-0.2, 0) is 3.79 Å². The summed E-state index contributed by atoms with van der Waals surface area (Å²) in [4.78, 5) is 3.86. The summed E-state index contributed by atoms with van der Waals surface area (Å²) in [5.41, 5.74) is 0. The minimum atomic E-state index is -1.51. The lowest BCUT2D eigenvalue weighted by Crippen LogP contribution is -1.99. The van der Waals surface area contributed by atoms with Gasteiger partial charge in [-0.1, -0.05) is 34.8 Å². The van der Waals surface area contributed by atoms with Crippen molar-refractivity contribution in [2.75, 3.05) is 6.61 Å². The molecule has 12 heavy (non-hydrogen) atoms. The topological polar surface area (TPSA) is 35.0 Å². The highest BCUT2D eigenvalue weighted by Gasteiger charge is 2.28. The predicted molar refractivity (Wildman–Crippen MR) is 50.3 cm³/mol. The molecular weight excluding hydrogens is 242 g/mol. The van der Waals surface area contributed by atoms with Crippen molar-refractivity contribution in [1.29, 1.82) is 0 Å². The largest absolute Gasteiger partial charge is 0.463 e. The zero-order valence-electron chi connectivity index (χ0n) is 6.05. The van der Waals surface area contributed by atoms with Crippen molar-refractivity contribution in [1.82, 2.24) is 9.36 Å². The molecule has 0 spiro atoms. The Morgan fingerprint density at radius 2 is 2.17 bits per heavy atom. The van der Waals surface area contributed by atoms with Gasteiger partial charge in [0.1, 0.15) is 0 Å². The molecule has 0 saturated carbocycles. The Bertz CT molecular complexity index is 259. The second kappa shape index (κ2) is 3.96. The van der Waals surface area contributed by atoms with Crippen LogP contribution in [-0.4, -0.2) is 16.0 Å². The van der Waals surface area contributed by atoms with Crippen LogP contribution in [0.1, 0.15) is 11.9 Å². The molecule has 1 aromatic rings. The molecule has 0 unspecified atom stereocenters. The second-order valence-electron chi connectivity index (χ2n) is 1.81. The minimum absolute atomic E-state index is 0.254. The van der Waals surface area contributed by atoms with E-state index in [2.05, 4.69) is 9.36 Å². The first-order valence-corrected chi connectivity index (χ1v) is 4.98. The molecule has 1 rings (SSSR count). The molecule has 0 radical (unpaired) electrons. The summed E-state index contributed by atoms with van der Waals surface area (Å²) in [7, 11) is 0. The van der Waals surface area contributed by atoms with Gasteiger partial charge in [0.25, 0.3) is 0 Å². The number of nitrogens with zero attached hydrogens (tertiary/aromatic N) is 2. The average Bonchev–Trinajstić information content (AvgIpc) is 2.35. The smallest absolute Gasteiger partial charge is 0.328 e. The average molecular weight is 248 g/mol. The van der Waals surface area contributed by atoms with E-state index >= 15 is 0 Å². The Labute approximate surface area is 88.8 Å². The third-order valence-electron chi connectivity index (χ3n) is 0.923. The number of aromatic nitrogens is 2. The summed E-state index contributed by atoms with van der Waals surface area (Å²) in [6, 6.07) is 0.254. The van der Waals surface area contributed by atoms with E-state index in [0.717, 1.165) is 11.5 Å². The molecule has 0 aliphatic carbocycles. The molecule has 0 amide bonds. The van der Waals surface area contributed by atoms with Crippen LogP contribution in [0.2, 0.25) is 0 Å². The molecule has 0 bridgehead atoms. The van der Waals surface area contributed by atoms with Gasteiger partial charge in [-0.2, -0.15) is 4.98 Å². The van der Waals surface area contributed by atoms with Crippen molar-refractivity contribution >= 4 is 46.3 Å². The molecule has 0 aromatic carbocycles. The monoisotopic (exact) mass is 246 g/mol. The van der Waals surface area contributed by atoms with Crippen LogP contribution in [0.15, 0.2) is 0 Å². The Kier molecular flexibility index (Phi) is 3.40. The first-order chi connectivity index (χ1) is 5.54. The van der Waals surface area contributed by atoms with Crippen LogP contribution in [0.5, 0.6) is 6.01 Å². The highest BCUT2D eigenvalue weighted by Crippen LogP contribution is 2.39. The number of hydrogen-bond donors (Lipinski definition) is 0. The normalized spacial score (nSPS) is 11.7. The molecule has 0 N–H and O–H groups in total. The molecule has 0 saturated heterocycles. The maximum absolute atomic E-state index is 5.56. The zero-order chi connectivity index (χ0) is 9.19. The number of rotatable bonds is 2. The number of ether oxygens (including phenoxy) is 1. The van der Waals surface area contributed by atoms with Crippen LogP contribution in [0.25, 0.3) is 0 Å². The lowest BCUT2D eigenvalue weighted by molar-refractivity contribution is 0.316. The summed E-state index contributed by atoms with van der Waals surface area (Å²) in [6.07, 6.45) is 0. The summed E-state index contributed by atoms with van der Waals surface area (Å²) in [6.45, 7) is 2.33. The highest BCUT2D eigenvalue weighted by molar-refractivity contribution is 7.07. The van der Waals surface area contributed by atoms with Gasteiger partial charge in [0.15, 0.2) is 5.01 Å². The lowest BCUT2D eigenvalue weighted by Gasteiger charge is -2.03. The molecule has 0 atom stereocenters. The molecule has 0 fully saturated rings. The van der Waals surface area contributed by atoms with Crippen molar-refractivity contribution in [2.45, 2.75) is 10.7 Å². The maximum atomic E-state index is 5.56. The Balaban J connectivity index is 2.77. The van der Waals surface area contributed by atoms with E-state index in [0.29, 0.717) is 11.6 Å². The fraction of sp³-hybridized carbons (Fsp3) is 0.600. The zero-order valence-corrected chi connectivity index (χ0v) is 9.14. The molecule has 7 heteroatoms. The number of alkyl halides is 3. The van der Waals surface area contributed by atoms with Crippen molar-refractivity contribution in [3.8, 4) is 6.01 Å². The fourth-order valence-corrected chi connectivity index (χ4v) is 1.43. The number of halogens is 3. The molecule has 0 aliphatic rings. The van der Waals surface area contributed by atoms with Gasteiger partial charge in [-0.3, -0.25) is 0 Å². The van der Waals surface area contributed by atoms with Gasteiger partial charge < -0.3 is 4.74 Å². The van der Waals surface area contributed by atoms with Crippen LogP contribution in [0.4, 0.5) is 0 Å². The summed E-state index contributed by atoms with van der Waals surface area (Å²) in [5.74, 6) is 0. The van der Waals surface area contributed by atoms with Crippen LogP contribution >= 0.6 is 46.3 Å². The predicted octanol–water partition coefficient (Wildman–Crippen LogP) is 2.76. The summed E-state index contributed by atoms with van der Waals surface area (Å²) in [5, 5.41) is 0.316. The van der Waals surface area contributed by atoms with Crippen molar-refractivity contribution in [2.24, 2.45) is 0 Å². The molecule has 0 aliphatic heterocycles. The first kappa shape index (κ1) is 10.3. The van der Waals surface area contributed by atoms with Crippen LogP contribution in [0, 0.1) is 0 Å². The van der Waals surface area contributed by atoms with E-state index in [1.54, 1.807) is 0 Å². The fourth-order valence-electron chi connectivity index (χ4n) is 0.513. The molecule has 1 heterocycles. The van der Waals surface area contributed by atoms with Gasteiger partial charge in [-0.15, -0.1) is 4.37 Å². The molecule has 1 aromatic heterocycles. The van der Waals surface area contributed by atoms with Crippen LogP contribution in [0.3, 0.4) is 0 Å². The number of hydrogen-bond acceptors (Lipinski definition) is 4. The Morgan fingerprint density at radius 3 is 2.58 bits per heavy atom. The van der Waals surface area contributed by atoms with Gasteiger partial charge in [0.05, 0.1) is 6.61 Å². The van der Waals surface area contributed by atoms with Gasteiger partial charge in [-0.25, -0.2) is 0 Å². The maximum Gasteiger partial charge on any atom is 0.328 e. The van der Waals surface area contributed by atoms with Gasteiger partial charge in [0, 0.05) is 0 Å². The first-order valence-electron chi connectivity index (χ1n) is 3.07. The van der Waals surface area contributed by atoms with E-state index in [9.17, 15) is 0 Å². The van der Waals surface area contributed by atoms with E-state index in [-0.39, 0.29) is 6.01 Å². The van der Waals surface area contributed by atoms with E-state index in [1.807, 2.05) is 6.92 Å². The molecule has 68 valence electrons. The van der Waals surface area contributed by atoms with Crippen molar-refractivity contribution in [3.05, 3.63) is 5.01 Å². The van der Waals surface area contributed by atoms with E-state index in [1.165, 1.54) is 0 Å². The third kappa shape index (κ3) is 2.62. The van der Waals surface area contributed by atoms with Crippen molar-refractivity contribution in [3.63, 3.8) is 0 Å². The van der Waals surface area contributed by atoms with Crippen LogP contribution < -0.4 is 4.74 Å². The van der Waals surface area contributed by atoms with E-state index in [4.69, 9.17) is 39.5 Å². The standard InChI is InChI=1S/C5H5Cl3N2OS/c1-2-11-4-9-3(12-10-4)5(6,7)8/h2H2,1H3. The Hall–Kier alpha value is 0.230. The molecule has 3 nitrogen and oxygen atoms in total. The summed E-state index contributed by atoms with van der Waals surface area (Å²) < 4.78 is 7.31. The summed E-state index contributed by atoms with van der Waals surface area (Å²) >= 11 is 17.7.